The van der Waals surface area contributed by atoms with Gasteiger partial charge in [0.2, 0.25) is 0 Å². The van der Waals surface area contributed by atoms with E-state index in [1.165, 1.54) is 42.2 Å². The van der Waals surface area contributed by atoms with E-state index < -0.39 is 0 Å². The quantitative estimate of drug-likeness (QED) is 0.740. The molecular formula is C17H20N2OS. The Morgan fingerprint density at radius 3 is 2.62 bits per heavy atom. The van der Waals surface area contributed by atoms with Gasteiger partial charge in [0.05, 0.1) is 4.91 Å². The second kappa shape index (κ2) is 6.06. The third-order valence-electron chi connectivity index (χ3n) is 4.06. The van der Waals surface area contributed by atoms with Crippen molar-refractivity contribution in [2.75, 3.05) is 13.1 Å². The monoisotopic (exact) mass is 300 g/mol. The van der Waals surface area contributed by atoms with Gasteiger partial charge < -0.3 is 4.90 Å². The Balaban J connectivity index is 1.77. The second-order valence-corrected chi connectivity index (χ2v) is 6.71. The molecule has 0 aliphatic carbocycles. The number of amidine groups is 1. The van der Waals surface area contributed by atoms with Crippen LogP contribution < -0.4 is 0 Å². The molecule has 110 valence electrons. The summed E-state index contributed by atoms with van der Waals surface area (Å²) in [6, 6.07) is 6.27. The van der Waals surface area contributed by atoms with Crippen LogP contribution in [0.3, 0.4) is 0 Å². The minimum atomic E-state index is -0.0983. The summed E-state index contributed by atoms with van der Waals surface area (Å²) < 4.78 is 0. The van der Waals surface area contributed by atoms with Crippen molar-refractivity contribution in [3.8, 4) is 0 Å². The number of nitrogens with zero attached hydrogens (tertiary/aromatic N) is 2. The fraction of sp³-hybridized carbons (Fsp3) is 0.412. The van der Waals surface area contributed by atoms with Crippen molar-refractivity contribution in [3.63, 3.8) is 0 Å². The predicted molar refractivity (Wildman–Crippen MR) is 89.4 cm³/mol. The molecule has 0 unspecified atom stereocenters. The average Bonchev–Trinajstić information content (AvgIpc) is 2.85. The lowest BCUT2D eigenvalue weighted by Crippen LogP contribution is -2.33. The number of likely N-dealkylation sites (tertiary alicyclic amines) is 1. The van der Waals surface area contributed by atoms with Crippen molar-refractivity contribution in [3.05, 3.63) is 39.8 Å². The van der Waals surface area contributed by atoms with Crippen LogP contribution in [0, 0.1) is 13.8 Å². The van der Waals surface area contributed by atoms with Crippen LogP contribution in [0.4, 0.5) is 0 Å². The third kappa shape index (κ3) is 3.21. The molecule has 0 radical (unpaired) electrons. The number of thioether (sulfide) groups is 1. The van der Waals surface area contributed by atoms with E-state index in [9.17, 15) is 4.79 Å². The molecule has 0 spiro atoms. The van der Waals surface area contributed by atoms with Gasteiger partial charge in [-0.25, -0.2) is 0 Å². The zero-order valence-corrected chi connectivity index (χ0v) is 13.4. The summed E-state index contributed by atoms with van der Waals surface area (Å²) in [6.07, 6.45) is 5.64. The molecule has 1 aromatic rings. The van der Waals surface area contributed by atoms with Crippen LogP contribution >= 0.6 is 11.8 Å². The van der Waals surface area contributed by atoms with E-state index in [4.69, 9.17) is 0 Å². The molecule has 0 N–H and O–H groups in total. The molecule has 0 atom stereocenters. The number of hydrogen-bond donors (Lipinski definition) is 0. The molecule has 1 saturated heterocycles. The largest absolute Gasteiger partial charge is 0.351 e. The molecule has 0 bridgehead atoms. The normalized spacial score (nSPS) is 21.0. The van der Waals surface area contributed by atoms with E-state index in [2.05, 4.69) is 41.9 Å². The number of rotatable bonds is 1. The summed E-state index contributed by atoms with van der Waals surface area (Å²) in [5.74, 6) is -0.0983. The van der Waals surface area contributed by atoms with Gasteiger partial charge in [-0.15, -0.1) is 0 Å². The number of benzene rings is 1. The lowest BCUT2D eigenvalue weighted by molar-refractivity contribution is -0.113. The Labute approximate surface area is 130 Å². The fourth-order valence-electron chi connectivity index (χ4n) is 2.62. The molecule has 2 aliphatic heterocycles. The van der Waals surface area contributed by atoms with Crippen LogP contribution in [0.25, 0.3) is 6.08 Å². The van der Waals surface area contributed by atoms with E-state index in [0.29, 0.717) is 0 Å². The highest BCUT2D eigenvalue weighted by atomic mass is 32.2. The van der Waals surface area contributed by atoms with Crippen LogP contribution in [-0.4, -0.2) is 29.1 Å². The smallest absolute Gasteiger partial charge is 0.286 e. The standard InChI is InChI=1S/C17H20N2OS/c1-12-6-7-14(10-13(12)2)11-15-16(20)18-17(21-15)19-8-4-3-5-9-19/h6-7,10-11H,3-5,8-9H2,1-2H3/b15-11+. The number of aryl methyl sites for hydroxylation is 2. The van der Waals surface area contributed by atoms with Gasteiger partial charge in [-0.1, -0.05) is 18.2 Å². The summed E-state index contributed by atoms with van der Waals surface area (Å²) in [6.45, 7) is 6.24. The molecule has 21 heavy (non-hydrogen) atoms. The molecule has 0 saturated carbocycles. The minimum Gasteiger partial charge on any atom is -0.351 e. The van der Waals surface area contributed by atoms with Crippen molar-refractivity contribution in [2.45, 2.75) is 33.1 Å². The summed E-state index contributed by atoms with van der Waals surface area (Å²) in [5.41, 5.74) is 3.59. The van der Waals surface area contributed by atoms with Crippen molar-refractivity contribution >= 4 is 28.9 Å². The van der Waals surface area contributed by atoms with Gasteiger partial charge in [0.25, 0.3) is 5.91 Å². The average molecular weight is 300 g/mol. The molecule has 1 aromatic carbocycles. The highest BCUT2D eigenvalue weighted by Crippen LogP contribution is 2.31. The van der Waals surface area contributed by atoms with E-state index in [-0.39, 0.29) is 5.91 Å². The van der Waals surface area contributed by atoms with Crippen molar-refractivity contribution in [1.82, 2.24) is 4.90 Å². The maximum absolute atomic E-state index is 12.1. The van der Waals surface area contributed by atoms with Crippen molar-refractivity contribution in [1.29, 1.82) is 0 Å². The Morgan fingerprint density at radius 2 is 1.90 bits per heavy atom. The Bertz CT molecular complexity index is 628. The minimum absolute atomic E-state index is 0.0983. The molecule has 1 amide bonds. The summed E-state index contributed by atoms with van der Waals surface area (Å²) in [5, 5.41) is 0.884. The molecule has 4 heteroatoms. The first kappa shape index (κ1) is 14.4. The number of amides is 1. The first-order valence-electron chi connectivity index (χ1n) is 7.48. The Morgan fingerprint density at radius 1 is 1.14 bits per heavy atom. The van der Waals surface area contributed by atoms with Gasteiger partial charge >= 0.3 is 0 Å². The van der Waals surface area contributed by atoms with Crippen molar-refractivity contribution < 1.29 is 4.79 Å². The van der Waals surface area contributed by atoms with E-state index >= 15 is 0 Å². The maximum Gasteiger partial charge on any atom is 0.286 e. The Hall–Kier alpha value is -1.55. The highest BCUT2D eigenvalue weighted by molar-refractivity contribution is 8.18. The van der Waals surface area contributed by atoms with Gasteiger partial charge in [0.15, 0.2) is 5.17 Å². The van der Waals surface area contributed by atoms with Crippen LogP contribution in [-0.2, 0) is 4.79 Å². The highest BCUT2D eigenvalue weighted by Gasteiger charge is 2.26. The SMILES string of the molecule is Cc1ccc(/C=C2/SC(N3CCCCC3)=NC2=O)cc1C. The van der Waals surface area contributed by atoms with Crippen LogP contribution in [0.15, 0.2) is 28.1 Å². The first-order valence-corrected chi connectivity index (χ1v) is 8.30. The molecule has 1 fully saturated rings. The van der Waals surface area contributed by atoms with Crippen LogP contribution in [0.1, 0.15) is 36.0 Å². The number of carbonyl (C=O) groups excluding carboxylic acids is 1. The van der Waals surface area contributed by atoms with Gasteiger partial charge in [-0.05, 0) is 67.6 Å². The first-order chi connectivity index (χ1) is 10.1. The number of hydrogen-bond acceptors (Lipinski definition) is 3. The lowest BCUT2D eigenvalue weighted by Gasteiger charge is -2.27. The number of piperidine rings is 1. The van der Waals surface area contributed by atoms with Crippen LogP contribution in [0.5, 0.6) is 0 Å². The molecule has 0 aromatic heterocycles. The number of carbonyl (C=O) groups is 1. The van der Waals surface area contributed by atoms with E-state index in [1.807, 2.05) is 6.08 Å². The molecule has 2 aliphatic rings. The maximum atomic E-state index is 12.1. The third-order valence-corrected chi connectivity index (χ3v) is 5.11. The van der Waals surface area contributed by atoms with Gasteiger partial charge in [-0.3, -0.25) is 4.79 Å². The molecule has 2 heterocycles. The van der Waals surface area contributed by atoms with Crippen LogP contribution in [0.2, 0.25) is 0 Å². The predicted octanol–water partition coefficient (Wildman–Crippen LogP) is 3.76. The summed E-state index contributed by atoms with van der Waals surface area (Å²) >= 11 is 1.52. The summed E-state index contributed by atoms with van der Waals surface area (Å²) in [7, 11) is 0. The Kier molecular flexibility index (Phi) is 4.15. The fourth-order valence-corrected chi connectivity index (χ4v) is 3.59. The van der Waals surface area contributed by atoms with Gasteiger partial charge in [0.1, 0.15) is 0 Å². The lowest BCUT2D eigenvalue weighted by atomic mass is 10.1. The second-order valence-electron chi connectivity index (χ2n) is 5.70. The topological polar surface area (TPSA) is 32.7 Å². The van der Waals surface area contributed by atoms with E-state index in [0.717, 1.165) is 28.7 Å². The number of aliphatic imine (C=N–C) groups is 1. The van der Waals surface area contributed by atoms with Gasteiger partial charge in [0, 0.05) is 13.1 Å². The zero-order chi connectivity index (χ0) is 14.8. The molecule has 3 rings (SSSR count). The molecule has 3 nitrogen and oxygen atoms in total. The van der Waals surface area contributed by atoms with Crippen molar-refractivity contribution in [2.24, 2.45) is 4.99 Å². The van der Waals surface area contributed by atoms with Gasteiger partial charge in [-0.2, -0.15) is 4.99 Å². The molecular weight excluding hydrogens is 280 g/mol. The summed E-state index contributed by atoms with van der Waals surface area (Å²) in [4.78, 5) is 19.3. The van der Waals surface area contributed by atoms with E-state index in [1.54, 1.807) is 0 Å². The zero-order valence-electron chi connectivity index (χ0n) is 12.6.